The van der Waals surface area contributed by atoms with Crippen LogP contribution in [0.15, 0.2) is 12.6 Å². The van der Waals surface area contributed by atoms with E-state index in [4.69, 9.17) is 14.2 Å². The molecule has 17 heavy (non-hydrogen) atoms. The SMILES string of the molecule is C=Cc1cc(OC)c(OC)c(OC)c1[N+](=O)[O-]. The van der Waals surface area contributed by atoms with Crippen LogP contribution in [0.5, 0.6) is 17.2 Å². The molecule has 0 radical (unpaired) electrons. The molecule has 0 aliphatic heterocycles. The molecule has 0 unspecified atom stereocenters. The molecule has 0 atom stereocenters. The molecule has 0 fully saturated rings. The van der Waals surface area contributed by atoms with E-state index in [0.717, 1.165) is 0 Å². The van der Waals surface area contributed by atoms with E-state index in [-0.39, 0.29) is 17.2 Å². The van der Waals surface area contributed by atoms with Gasteiger partial charge in [-0.05, 0) is 6.07 Å². The van der Waals surface area contributed by atoms with E-state index in [9.17, 15) is 10.1 Å². The van der Waals surface area contributed by atoms with Gasteiger partial charge in [-0.3, -0.25) is 10.1 Å². The highest BCUT2D eigenvalue weighted by atomic mass is 16.6. The van der Waals surface area contributed by atoms with E-state index in [2.05, 4.69) is 6.58 Å². The molecule has 0 aliphatic rings. The zero-order valence-corrected chi connectivity index (χ0v) is 9.85. The summed E-state index contributed by atoms with van der Waals surface area (Å²) < 4.78 is 15.2. The molecule has 1 aromatic rings. The first-order chi connectivity index (χ1) is 8.10. The predicted molar refractivity (Wildman–Crippen MR) is 62.8 cm³/mol. The van der Waals surface area contributed by atoms with E-state index in [1.807, 2.05) is 0 Å². The second kappa shape index (κ2) is 5.20. The summed E-state index contributed by atoms with van der Waals surface area (Å²) in [6, 6.07) is 1.48. The van der Waals surface area contributed by atoms with Gasteiger partial charge in [0, 0.05) is 0 Å². The topological polar surface area (TPSA) is 70.8 Å². The molecule has 6 nitrogen and oxygen atoms in total. The van der Waals surface area contributed by atoms with Gasteiger partial charge in [0.15, 0.2) is 5.75 Å². The third-order valence-corrected chi connectivity index (χ3v) is 2.24. The predicted octanol–water partition coefficient (Wildman–Crippen LogP) is 2.26. The Hall–Kier alpha value is -2.24. The first-order valence-electron chi connectivity index (χ1n) is 4.70. The van der Waals surface area contributed by atoms with E-state index in [1.54, 1.807) is 0 Å². The summed E-state index contributed by atoms with van der Waals surface area (Å²) in [5, 5.41) is 11.0. The van der Waals surface area contributed by atoms with Crippen LogP contribution in [0.1, 0.15) is 5.56 Å². The summed E-state index contributed by atoms with van der Waals surface area (Å²) in [6.07, 6.45) is 1.36. The lowest BCUT2D eigenvalue weighted by Gasteiger charge is -2.13. The number of benzene rings is 1. The first kappa shape index (κ1) is 12.8. The molecule has 0 spiro atoms. The van der Waals surface area contributed by atoms with Crippen LogP contribution in [0, 0.1) is 10.1 Å². The number of nitro groups is 1. The summed E-state index contributed by atoms with van der Waals surface area (Å²) in [4.78, 5) is 10.5. The molecule has 0 amide bonds. The van der Waals surface area contributed by atoms with E-state index >= 15 is 0 Å². The van der Waals surface area contributed by atoms with Gasteiger partial charge in [0.2, 0.25) is 11.5 Å². The fourth-order valence-electron chi connectivity index (χ4n) is 1.50. The second-order valence-corrected chi connectivity index (χ2v) is 3.04. The van der Waals surface area contributed by atoms with Crippen molar-refractivity contribution in [1.82, 2.24) is 0 Å². The minimum Gasteiger partial charge on any atom is -0.493 e. The number of rotatable bonds is 5. The molecular weight excluding hydrogens is 226 g/mol. The zero-order chi connectivity index (χ0) is 13.0. The largest absolute Gasteiger partial charge is 0.493 e. The average molecular weight is 239 g/mol. The van der Waals surface area contributed by atoms with Crippen LogP contribution in [-0.4, -0.2) is 26.3 Å². The lowest BCUT2D eigenvalue weighted by molar-refractivity contribution is -0.386. The van der Waals surface area contributed by atoms with Crippen LogP contribution in [0.4, 0.5) is 5.69 Å². The molecule has 92 valence electrons. The normalized spacial score (nSPS) is 9.59. The maximum absolute atomic E-state index is 11.0. The van der Waals surface area contributed by atoms with E-state index < -0.39 is 4.92 Å². The maximum atomic E-state index is 11.0. The van der Waals surface area contributed by atoms with Gasteiger partial charge in [-0.2, -0.15) is 0 Å². The highest BCUT2D eigenvalue weighted by Crippen LogP contribution is 2.46. The van der Waals surface area contributed by atoms with E-state index in [1.165, 1.54) is 33.5 Å². The van der Waals surface area contributed by atoms with Crippen LogP contribution in [0.2, 0.25) is 0 Å². The van der Waals surface area contributed by atoms with Crippen molar-refractivity contribution in [2.24, 2.45) is 0 Å². The van der Waals surface area contributed by atoms with Gasteiger partial charge in [0.1, 0.15) is 0 Å². The van der Waals surface area contributed by atoms with Crippen molar-refractivity contribution in [3.63, 3.8) is 0 Å². The number of ether oxygens (including phenoxy) is 3. The Bertz CT molecular complexity index is 456. The van der Waals surface area contributed by atoms with Gasteiger partial charge in [-0.15, -0.1) is 0 Å². The van der Waals surface area contributed by atoms with Crippen LogP contribution < -0.4 is 14.2 Å². The molecule has 1 rings (SSSR count). The lowest BCUT2D eigenvalue weighted by atomic mass is 10.1. The Balaban J connectivity index is 3.67. The van der Waals surface area contributed by atoms with Crippen molar-refractivity contribution in [3.05, 3.63) is 28.3 Å². The van der Waals surface area contributed by atoms with Crippen molar-refractivity contribution < 1.29 is 19.1 Å². The maximum Gasteiger partial charge on any atom is 0.322 e. The molecule has 6 heteroatoms. The number of nitro benzene ring substituents is 1. The Morgan fingerprint density at radius 2 is 1.82 bits per heavy atom. The first-order valence-corrected chi connectivity index (χ1v) is 4.70. The third kappa shape index (κ3) is 2.15. The average Bonchev–Trinajstić information content (AvgIpc) is 2.35. The molecule has 0 aromatic heterocycles. The molecule has 0 bridgehead atoms. The van der Waals surface area contributed by atoms with Crippen molar-refractivity contribution in [1.29, 1.82) is 0 Å². The Kier molecular flexibility index (Phi) is 3.92. The molecular formula is C11H13NO5. The molecule has 0 aliphatic carbocycles. The molecule has 0 saturated heterocycles. The molecule has 0 heterocycles. The number of methoxy groups -OCH3 is 3. The highest BCUT2D eigenvalue weighted by Gasteiger charge is 2.27. The molecule has 1 aromatic carbocycles. The molecule has 0 saturated carbocycles. The van der Waals surface area contributed by atoms with Crippen LogP contribution in [0.25, 0.3) is 6.08 Å². The minimum absolute atomic E-state index is 0.0201. The summed E-state index contributed by atoms with van der Waals surface area (Å²) >= 11 is 0. The van der Waals surface area contributed by atoms with Gasteiger partial charge < -0.3 is 14.2 Å². The summed E-state index contributed by atoms with van der Waals surface area (Å²) in [6.45, 7) is 3.52. The Morgan fingerprint density at radius 1 is 1.24 bits per heavy atom. The summed E-state index contributed by atoms with van der Waals surface area (Å²) in [7, 11) is 4.16. The fraction of sp³-hybridized carbons (Fsp3) is 0.273. The number of nitrogens with zero attached hydrogens (tertiary/aromatic N) is 1. The fourth-order valence-corrected chi connectivity index (χ4v) is 1.50. The van der Waals surface area contributed by atoms with Crippen molar-refractivity contribution >= 4 is 11.8 Å². The smallest absolute Gasteiger partial charge is 0.322 e. The minimum atomic E-state index is -0.544. The van der Waals surface area contributed by atoms with Gasteiger partial charge >= 0.3 is 5.69 Å². The monoisotopic (exact) mass is 239 g/mol. The van der Waals surface area contributed by atoms with Gasteiger partial charge in [-0.1, -0.05) is 12.7 Å². The van der Waals surface area contributed by atoms with Crippen molar-refractivity contribution in [2.75, 3.05) is 21.3 Å². The third-order valence-electron chi connectivity index (χ3n) is 2.24. The quantitative estimate of drug-likeness (QED) is 0.582. The van der Waals surface area contributed by atoms with E-state index in [0.29, 0.717) is 11.3 Å². The van der Waals surface area contributed by atoms with Gasteiger partial charge in [0.25, 0.3) is 0 Å². The van der Waals surface area contributed by atoms with Crippen LogP contribution >= 0.6 is 0 Å². The second-order valence-electron chi connectivity index (χ2n) is 3.04. The van der Waals surface area contributed by atoms with Crippen molar-refractivity contribution in [3.8, 4) is 17.2 Å². The van der Waals surface area contributed by atoms with Crippen LogP contribution in [0.3, 0.4) is 0 Å². The number of hydrogen-bond donors (Lipinski definition) is 0. The Morgan fingerprint density at radius 3 is 2.18 bits per heavy atom. The standard InChI is InChI=1S/C11H13NO5/c1-5-7-6-8(15-2)10(16-3)11(17-4)9(7)12(13)14/h5-6H,1H2,2-4H3. The van der Waals surface area contributed by atoms with Crippen molar-refractivity contribution in [2.45, 2.75) is 0 Å². The molecule has 0 N–H and O–H groups in total. The highest BCUT2D eigenvalue weighted by molar-refractivity contribution is 5.73. The van der Waals surface area contributed by atoms with Gasteiger partial charge in [0.05, 0.1) is 31.8 Å². The number of hydrogen-bond acceptors (Lipinski definition) is 5. The Labute approximate surface area is 98.6 Å². The summed E-state index contributed by atoms with van der Waals surface area (Å²) in [5.74, 6) is 0.559. The zero-order valence-electron chi connectivity index (χ0n) is 9.85. The lowest BCUT2D eigenvalue weighted by Crippen LogP contribution is -2.01. The van der Waals surface area contributed by atoms with Crippen LogP contribution in [-0.2, 0) is 0 Å². The summed E-state index contributed by atoms with van der Waals surface area (Å²) in [5.41, 5.74) is 0.115. The van der Waals surface area contributed by atoms with Gasteiger partial charge in [-0.25, -0.2) is 0 Å².